The molecule has 5 heteroatoms. The predicted molar refractivity (Wildman–Crippen MR) is 211 cm³/mol. The van der Waals surface area contributed by atoms with Gasteiger partial charge in [0.2, 0.25) is 0 Å². The lowest BCUT2D eigenvalue weighted by atomic mass is 9.75. The van der Waals surface area contributed by atoms with E-state index in [1.165, 1.54) is 42.8 Å². The third kappa shape index (κ3) is 5.37. The highest BCUT2D eigenvalue weighted by molar-refractivity contribution is 7.22. The summed E-state index contributed by atoms with van der Waals surface area (Å²) in [6, 6.07) is 58.5. The van der Waals surface area contributed by atoms with Gasteiger partial charge in [-0.2, -0.15) is 0 Å². The summed E-state index contributed by atoms with van der Waals surface area (Å²) in [6.07, 6.45) is 0. The van der Waals surface area contributed by atoms with E-state index in [1.807, 2.05) is 0 Å². The molecular weight excluding hydrogens is 649 g/mol. The second-order valence-corrected chi connectivity index (χ2v) is 20.8. The molecule has 2 nitrogen and oxygen atoms in total. The molecule has 6 aromatic carbocycles. The van der Waals surface area contributed by atoms with E-state index in [4.69, 9.17) is 9.97 Å². The van der Waals surface area contributed by atoms with Crippen LogP contribution < -0.4 is 0 Å². The minimum absolute atomic E-state index is 0.354. The van der Waals surface area contributed by atoms with Gasteiger partial charge in [0.15, 0.2) is 0 Å². The normalized spacial score (nSPS) is 20.2. The van der Waals surface area contributed by atoms with Crippen molar-refractivity contribution in [3.05, 3.63) is 180 Å². The minimum atomic E-state index is -2.04. The molecule has 9 rings (SSSR count). The molecule has 2 aromatic heterocycles. The maximum absolute atomic E-state index is 4.97. The van der Waals surface area contributed by atoms with Gasteiger partial charge in [-0.25, -0.2) is 9.97 Å². The summed E-state index contributed by atoms with van der Waals surface area (Å²) in [6.45, 7) is 5.29. The highest BCUT2D eigenvalue weighted by atomic mass is 32.1. The maximum atomic E-state index is 4.97. The summed E-state index contributed by atoms with van der Waals surface area (Å²) in [7, 11) is -2.04. The Labute approximate surface area is 296 Å². The van der Waals surface area contributed by atoms with Gasteiger partial charge in [0.1, 0.15) is 10.0 Å². The third-order valence-corrected chi connectivity index (χ3v) is 17.5. The van der Waals surface area contributed by atoms with E-state index in [-0.39, 0.29) is 0 Å². The summed E-state index contributed by atoms with van der Waals surface area (Å²) in [5, 5.41) is 2.17. The summed E-state index contributed by atoms with van der Waals surface area (Å²) < 4.78 is 2.47. The Morgan fingerprint density at radius 1 is 0.408 bits per heavy atom. The van der Waals surface area contributed by atoms with Crippen molar-refractivity contribution >= 4 is 51.2 Å². The van der Waals surface area contributed by atoms with E-state index in [0.29, 0.717) is 22.9 Å². The van der Waals surface area contributed by atoms with Gasteiger partial charge in [-0.05, 0) is 69.4 Å². The van der Waals surface area contributed by atoms with Crippen LogP contribution in [0.25, 0.3) is 41.6 Å². The molecule has 1 aliphatic rings. The van der Waals surface area contributed by atoms with Crippen molar-refractivity contribution in [2.75, 3.05) is 0 Å². The van der Waals surface area contributed by atoms with Crippen LogP contribution in [0.3, 0.4) is 0 Å². The number of hydrogen-bond acceptors (Lipinski definition) is 4. The van der Waals surface area contributed by atoms with E-state index in [1.54, 1.807) is 22.7 Å². The van der Waals surface area contributed by atoms with Gasteiger partial charge in [-0.3, -0.25) is 0 Å². The molecular formula is C44H36N2S2Si. The standard InChI is InChI=1S/C44H36N2S2Si/c1-49(2)41(31-21-25-33(26-22-31)43-45-35-17-9-11-19-37(35)47-43)39(29-13-5-3-6-14-29)40(30-15-7-4-8-16-30)42(49)32-23-27-34(28-24-32)44-46-36-18-10-12-20-38(36)48-44/h3-28,39-42H,1-2H3. The Balaban J connectivity index is 1.16. The van der Waals surface area contributed by atoms with Crippen molar-refractivity contribution in [2.24, 2.45) is 0 Å². The van der Waals surface area contributed by atoms with Crippen LogP contribution in [-0.2, 0) is 0 Å². The van der Waals surface area contributed by atoms with E-state index in [2.05, 4.69) is 171 Å². The largest absolute Gasteiger partial charge is 0.236 e. The molecule has 0 spiro atoms. The van der Waals surface area contributed by atoms with Crippen molar-refractivity contribution < 1.29 is 0 Å². The van der Waals surface area contributed by atoms with Crippen molar-refractivity contribution in [1.29, 1.82) is 0 Å². The van der Waals surface area contributed by atoms with E-state index in [0.717, 1.165) is 21.0 Å². The maximum Gasteiger partial charge on any atom is 0.124 e. The fraction of sp³-hybridized carbons (Fsp3) is 0.136. The van der Waals surface area contributed by atoms with Crippen molar-refractivity contribution in [1.82, 2.24) is 9.97 Å². The van der Waals surface area contributed by atoms with Crippen LogP contribution >= 0.6 is 22.7 Å². The van der Waals surface area contributed by atoms with Gasteiger partial charge < -0.3 is 0 Å². The number of nitrogens with zero attached hydrogens (tertiary/aromatic N) is 2. The molecule has 0 bridgehead atoms. The summed E-state index contributed by atoms with van der Waals surface area (Å²) in [5.74, 6) is 0.708. The molecule has 0 saturated carbocycles. The van der Waals surface area contributed by atoms with Gasteiger partial charge in [0, 0.05) is 11.1 Å². The number of fused-ring (bicyclic) bond motifs is 2. The Bertz CT molecular complexity index is 2140. The molecule has 1 aliphatic heterocycles. The third-order valence-electron chi connectivity index (χ3n) is 10.7. The van der Waals surface area contributed by atoms with Crippen LogP contribution in [0.15, 0.2) is 158 Å². The molecule has 3 heterocycles. The second-order valence-electron chi connectivity index (χ2n) is 13.9. The number of para-hydroxylation sites is 2. The summed E-state index contributed by atoms with van der Waals surface area (Å²) in [5.41, 5.74) is 11.2. The number of hydrogen-bond donors (Lipinski definition) is 0. The molecule has 0 aliphatic carbocycles. The van der Waals surface area contributed by atoms with Crippen LogP contribution in [0.4, 0.5) is 0 Å². The van der Waals surface area contributed by atoms with Crippen LogP contribution in [0, 0.1) is 0 Å². The summed E-state index contributed by atoms with van der Waals surface area (Å²) >= 11 is 3.55. The Kier molecular flexibility index (Phi) is 7.64. The smallest absolute Gasteiger partial charge is 0.124 e. The molecule has 0 N–H and O–H groups in total. The lowest BCUT2D eigenvalue weighted by Gasteiger charge is -2.34. The average molecular weight is 685 g/mol. The number of rotatable bonds is 6. The van der Waals surface area contributed by atoms with Gasteiger partial charge >= 0.3 is 0 Å². The molecule has 49 heavy (non-hydrogen) atoms. The molecule has 4 unspecified atom stereocenters. The minimum Gasteiger partial charge on any atom is -0.236 e. The van der Waals surface area contributed by atoms with E-state index >= 15 is 0 Å². The monoisotopic (exact) mass is 684 g/mol. The number of aromatic nitrogens is 2. The Morgan fingerprint density at radius 2 is 0.776 bits per heavy atom. The molecule has 0 amide bonds. The van der Waals surface area contributed by atoms with Gasteiger partial charge in [-0.1, -0.05) is 147 Å². The van der Waals surface area contributed by atoms with Crippen LogP contribution in [0.1, 0.15) is 45.2 Å². The lowest BCUT2D eigenvalue weighted by Crippen LogP contribution is -2.38. The number of thiazole rings is 2. The average Bonchev–Trinajstić information content (AvgIpc) is 3.85. The first kappa shape index (κ1) is 30.4. The van der Waals surface area contributed by atoms with Gasteiger partial charge in [-0.15, -0.1) is 22.7 Å². The second kappa shape index (κ2) is 12.3. The number of benzene rings is 6. The zero-order chi connectivity index (χ0) is 33.0. The lowest BCUT2D eigenvalue weighted by molar-refractivity contribution is 0.553. The van der Waals surface area contributed by atoms with Crippen molar-refractivity contribution in [3.63, 3.8) is 0 Å². The Morgan fingerprint density at radius 3 is 1.16 bits per heavy atom. The first-order valence-corrected chi connectivity index (χ1v) is 21.8. The van der Waals surface area contributed by atoms with Crippen LogP contribution in [-0.4, -0.2) is 18.0 Å². The Hall–Kier alpha value is -4.68. The fourth-order valence-corrected chi connectivity index (χ4v) is 15.7. The van der Waals surface area contributed by atoms with E-state index in [9.17, 15) is 0 Å². The van der Waals surface area contributed by atoms with Gasteiger partial charge in [0.25, 0.3) is 0 Å². The SMILES string of the molecule is C[Si]1(C)C(c2ccc(-c3nc4ccccc4s3)cc2)C(c2ccccc2)C(c2ccccc2)C1c1ccc(-c2nc3ccccc3s2)cc1. The highest BCUT2D eigenvalue weighted by Crippen LogP contribution is 2.64. The topological polar surface area (TPSA) is 25.8 Å². The first-order chi connectivity index (χ1) is 24.0. The molecule has 1 saturated heterocycles. The molecule has 8 aromatic rings. The van der Waals surface area contributed by atoms with Crippen LogP contribution in [0.2, 0.25) is 13.1 Å². The predicted octanol–water partition coefficient (Wildman–Crippen LogP) is 12.5. The molecule has 238 valence electrons. The van der Waals surface area contributed by atoms with Crippen LogP contribution in [0.5, 0.6) is 0 Å². The molecule has 4 atom stereocenters. The zero-order valence-corrected chi connectivity index (χ0v) is 30.2. The zero-order valence-electron chi connectivity index (χ0n) is 27.5. The fourth-order valence-electron chi connectivity index (χ4n) is 8.62. The van der Waals surface area contributed by atoms with Crippen molar-refractivity contribution in [3.8, 4) is 21.1 Å². The van der Waals surface area contributed by atoms with E-state index < -0.39 is 8.07 Å². The van der Waals surface area contributed by atoms with Gasteiger partial charge in [0.05, 0.1) is 28.5 Å². The molecule has 1 fully saturated rings. The quantitative estimate of drug-likeness (QED) is 0.163. The molecule has 0 radical (unpaired) electrons. The highest BCUT2D eigenvalue weighted by Gasteiger charge is 2.58. The summed E-state index contributed by atoms with van der Waals surface area (Å²) in [4.78, 5) is 9.94. The first-order valence-electron chi connectivity index (χ1n) is 17.1. The van der Waals surface area contributed by atoms with Crippen molar-refractivity contribution in [2.45, 2.75) is 36.0 Å².